The lowest BCUT2D eigenvalue weighted by Crippen LogP contribution is -2.10. The van der Waals surface area contributed by atoms with E-state index in [1.807, 2.05) is 25.3 Å². The van der Waals surface area contributed by atoms with Crippen molar-refractivity contribution < 1.29 is 18.7 Å². The zero-order valence-corrected chi connectivity index (χ0v) is 16.4. The third-order valence-corrected chi connectivity index (χ3v) is 4.72. The summed E-state index contributed by atoms with van der Waals surface area (Å²) in [7, 11) is 0. The second-order valence-corrected chi connectivity index (χ2v) is 7.05. The molecule has 3 rings (SSSR count). The number of aryl methyl sites for hydroxylation is 1. The van der Waals surface area contributed by atoms with E-state index in [9.17, 15) is 9.18 Å². The van der Waals surface area contributed by atoms with Crippen LogP contribution < -0.4 is 9.47 Å². The van der Waals surface area contributed by atoms with Crippen LogP contribution in [-0.2, 0) is 4.79 Å². The number of rotatable bonds is 9. The van der Waals surface area contributed by atoms with Crippen molar-refractivity contribution in [1.29, 1.82) is 0 Å². The molecule has 1 aromatic carbocycles. The van der Waals surface area contributed by atoms with Crippen molar-refractivity contribution >= 4 is 16.7 Å². The normalized spacial score (nSPS) is 12.1. The number of hydrogen-bond acceptors (Lipinski definition) is 4. The molecular weight excluding hydrogens is 359 g/mol. The maximum atomic E-state index is 14.3. The minimum Gasteiger partial charge on any atom is -0.488 e. The molecule has 0 aliphatic carbocycles. The third kappa shape index (κ3) is 4.88. The molecule has 0 saturated heterocycles. The average molecular weight is 384 g/mol. The number of nitrogens with one attached hydrogen (secondary N) is 1. The van der Waals surface area contributed by atoms with Gasteiger partial charge in [0.15, 0.2) is 11.6 Å². The van der Waals surface area contributed by atoms with Crippen molar-refractivity contribution in [2.75, 3.05) is 13.2 Å². The summed E-state index contributed by atoms with van der Waals surface area (Å²) in [5, 5.41) is 0.913. The van der Waals surface area contributed by atoms with Gasteiger partial charge in [0.25, 0.3) is 0 Å². The summed E-state index contributed by atoms with van der Waals surface area (Å²) < 4.78 is 25.5. The summed E-state index contributed by atoms with van der Waals surface area (Å²) in [6.07, 6.45) is 4.82. The Bertz CT molecular complexity index is 950. The van der Waals surface area contributed by atoms with Crippen molar-refractivity contribution in [1.82, 2.24) is 9.97 Å². The molecule has 0 spiro atoms. The Kier molecular flexibility index (Phi) is 6.29. The van der Waals surface area contributed by atoms with Crippen LogP contribution in [0.1, 0.15) is 43.9 Å². The van der Waals surface area contributed by atoms with Crippen LogP contribution >= 0.6 is 0 Å². The monoisotopic (exact) mass is 384 g/mol. The SMILES string of the molecule is CC(=O)CC[C@H](C)c1c[nH]c2cc(F)c(OCCOc3ccc(C)nc3)cc12. The Morgan fingerprint density at radius 3 is 2.75 bits per heavy atom. The molecule has 148 valence electrons. The minimum absolute atomic E-state index is 0.172. The van der Waals surface area contributed by atoms with Crippen molar-refractivity contribution in [2.45, 2.75) is 39.5 Å². The van der Waals surface area contributed by atoms with Crippen LogP contribution in [0.5, 0.6) is 11.5 Å². The van der Waals surface area contributed by atoms with Crippen LogP contribution in [0.15, 0.2) is 36.7 Å². The molecule has 3 aromatic rings. The number of ketones is 1. The number of carbonyl (C=O) groups is 1. The summed E-state index contributed by atoms with van der Waals surface area (Å²) in [5.41, 5.74) is 2.69. The largest absolute Gasteiger partial charge is 0.488 e. The number of H-pyrrole nitrogens is 1. The van der Waals surface area contributed by atoms with Crippen molar-refractivity contribution in [2.24, 2.45) is 0 Å². The molecule has 0 bridgehead atoms. The Morgan fingerprint density at radius 2 is 2.04 bits per heavy atom. The number of aromatic amines is 1. The summed E-state index contributed by atoms with van der Waals surface area (Å²) in [5.74, 6) is 0.781. The molecule has 0 unspecified atom stereocenters. The van der Waals surface area contributed by atoms with E-state index >= 15 is 0 Å². The quantitative estimate of drug-likeness (QED) is 0.531. The summed E-state index contributed by atoms with van der Waals surface area (Å²) >= 11 is 0. The molecular formula is C22H25FN2O3. The molecule has 0 fully saturated rings. The van der Waals surface area contributed by atoms with Gasteiger partial charge in [0.1, 0.15) is 24.7 Å². The molecule has 0 aliphatic heterocycles. The number of nitrogens with zero attached hydrogens (tertiary/aromatic N) is 1. The zero-order valence-electron chi connectivity index (χ0n) is 16.4. The molecule has 28 heavy (non-hydrogen) atoms. The number of carbonyl (C=O) groups excluding carboxylic acids is 1. The number of benzene rings is 1. The summed E-state index contributed by atoms with van der Waals surface area (Å²) in [6, 6.07) is 6.86. The van der Waals surface area contributed by atoms with Crippen LogP contribution in [0, 0.1) is 12.7 Å². The van der Waals surface area contributed by atoms with Crippen molar-refractivity contribution in [3.63, 3.8) is 0 Å². The van der Waals surface area contributed by atoms with E-state index in [2.05, 4.69) is 16.9 Å². The molecule has 0 aliphatic rings. The first kappa shape index (κ1) is 19.9. The summed E-state index contributed by atoms with van der Waals surface area (Å²) in [4.78, 5) is 18.5. The van der Waals surface area contributed by atoms with Crippen molar-refractivity contribution in [3.05, 3.63) is 53.7 Å². The van der Waals surface area contributed by atoms with E-state index in [-0.39, 0.29) is 30.7 Å². The maximum absolute atomic E-state index is 14.3. The number of Topliss-reactive ketones (excluding diaryl/α,β-unsaturated/α-hetero) is 1. The van der Waals surface area contributed by atoms with Gasteiger partial charge in [-0.1, -0.05) is 6.92 Å². The lowest BCUT2D eigenvalue weighted by Gasteiger charge is -2.12. The molecule has 0 saturated carbocycles. The number of halogens is 1. The average Bonchev–Trinajstić information content (AvgIpc) is 3.07. The second-order valence-electron chi connectivity index (χ2n) is 7.05. The zero-order chi connectivity index (χ0) is 20.1. The molecule has 6 heteroatoms. The topological polar surface area (TPSA) is 64.2 Å². The van der Waals surface area contributed by atoms with Gasteiger partial charge in [-0.2, -0.15) is 0 Å². The van der Waals surface area contributed by atoms with Gasteiger partial charge >= 0.3 is 0 Å². The molecule has 0 radical (unpaired) electrons. The van der Waals surface area contributed by atoms with Crippen molar-refractivity contribution in [3.8, 4) is 11.5 Å². The number of fused-ring (bicyclic) bond motifs is 1. The fourth-order valence-corrected chi connectivity index (χ4v) is 3.09. The number of hydrogen-bond donors (Lipinski definition) is 1. The fourth-order valence-electron chi connectivity index (χ4n) is 3.09. The van der Waals surface area contributed by atoms with Gasteiger partial charge in [0.2, 0.25) is 0 Å². The van der Waals surface area contributed by atoms with E-state index in [0.717, 1.165) is 28.6 Å². The number of pyridine rings is 1. The number of aromatic nitrogens is 2. The first-order valence-electron chi connectivity index (χ1n) is 9.42. The molecule has 2 aromatic heterocycles. The summed E-state index contributed by atoms with van der Waals surface area (Å²) in [6.45, 7) is 6.08. The van der Waals surface area contributed by atoms with E-state index in [1.165, 1.54) is 6.07 Å². The molecule has 2 heterocycles. The third-order valence-electron chi connectivity index (χ3n) is 4.72. The van der Waals surface area contributed by atoms with Gasteiger partial charge in [-0.15, -0.1) is 0 Å². The van der Waals surface area contributed by atoms with Crippen LogP contribution in [0.4, 0.5) is 4.39 Å². The van der Waals surface area contributed by atoms with Crippen LogP contribution in [0.25, 0.3) is 10.9 Å². The van der Waals surface area contributed by atoms with E-state index in [0.29, 0.717) is 12.2 Å². The van der Waals surface area contributed by atoms with Gasteiger partial charge in [-0.3, -0.25) is 4.98 Å². The van der Waals surface area contributed by atoms with Crippen LogP contribution in [0.2, 0.25) is 0 Å². The predicted molar refractivity (Wildman–Crippen MR) is 107 cm³/mol. The molecule has 1 N–H and O–H groups in total. The Hall–Kier alpha value is -2.89. The van der Waals surface area contributed by atoms with Gasteiger partial charge in [0.05, 0.1) is 6.20 Å². The first-order valence-corrected chi connectivity index (χ1v) is 9.42. The lowest BCUT2D eigenvalue weighted by molar-refractivity contribution is -0.117. The standard InChI is InChI=1S/C22H25FN2O3/c1-14(4-6-16(3)26)19-13-25-21-11-20(23)22(10-18(19)21)28-9-8-27-17-7-5-15(2)24-12-17/h5,7,10-14,25H,4,6,8-9H2,1-3H3/t14-/m0/s1. The Balaban J connectivity index is 1.65. The highest BCUT2D eigenvalue weighted by Gasteiger charge is 2.15. The molecule has 1 atom stereocenters. The Labute approximate surface area is 163 Å². The predicted octanol–water partition coefficient (Wildman–Crippen LogP) is 4.94. The first-order chi connectivity index (χ1) is 13.4. The smallest absolute Gasteiger partial charge is 0.167 e. The highest BCUT2D eigenvalue weighted by Crippen LogP contribution is 2.32. The number of ether oxygens (including phenoxy) is 2. The second kappa shape index (κ2) is 8.87. The maximum Gasteiger partial charge on any atom is 0.167 e. The fraction of sp³-hybridized carbons (Fsp3) is 0.364. The lowest BCUT2D eigenvalue weighted by atomic mass is 9.95. The highest BCUT2D eigenvalue weighted by atomic mass is 19.1. The van der Waals surface area contributed by atoms with Gasteiger partial charge in [-0.05, 0) is 49.9 Å². The van der Waals surface area contributed by atoms with Crippen LogP contribution in [-0.4, -0.2) is 29.0 Å². The van der Waals surface area contributed by atoms with E-state index in [1.54, 1.807) is 19.2 Å². The minimum atomic E-state index is -0.422. The Morgan fingerprint density at radius 1 is 1.25 bits per heavy atom. The van der Waals surface area contributed by atoms with E-state index < -0.39 is 5.82 Å². The van der Waals surface area contributed by atoms with Gasteiger partial charge in [0, 0.05) is 35.3 Å². The highest BCUT2D eigenvalue weighted by molar-refractivity contribution is 5.85. The van der Waals surface area contributed by atoms with Gasteiger partial charge in [-0.25, -0.2) is 4.39 Å². The molecule has 5 nitrogen and oxygen atoms in total. The van der Waals surface area contributed by atoms with E-state index in [4.69, 9.17) is 9.47 Å². The molecule has 0 amide bonds. The van der Waals surface area contributed by atoms with Crippen LogP contribution in [0.3, 0.4) is 0 Å². The van der Waals surface area contributed by atoms with Gasteiger partial charge < -0.3 is 19.3 Å².